The van der Waals surface area contributed by atoms with Crippen LogP contribution in [0.5, 0.6) is 5.75 Å². The summed E-state index contributed by atoms with van der Waals surface area (Å²) in [7, 11) is 1.33. The smallest absolute Gasteiger partial charge is 0.226 e. The van der Waals surface area contributed by atoms with Gasteiger partial charge in [-0.3, -0.25) is 9.59 Å². The molecule has 0 bridgehead atoms. The van der Waals surface area contributed by atoms with Gasteiger partial charge in [0.2, 0.25) is 5.91 Å². The predicted octanol–water partition coefficient (Wildman–Crippen LogP) is 4.60. The van der Waals surface area contributed by atoms with E-state index in [4.69, 9.17) is 16.3 Å². The lowest BCUT2D eigenvalue weighted by Gasteiger charge is -2.23. The molecule has 3 aromatic rings. The molecular formula is C22H19ClFN3O3. The average Bonchev–Trinajstić information content (AvgIpc) is 3.05. The average molecular weight is 428 g/mol. The Morgan fingerprint density at radius 2 is 2.07 bits per heavy atom. The van der Waals surface area contributed by atoms with E-state index in [-0.39, 0.29) is 29.4 Å². The number of methoxy groups -OCH3 is 1. The Labute approximate surface area is 177 Å². The molecule has 8 heteroatoms. The lowest BCUT2D eigenvalue weighted by atomic mass is 9.85. The molecule has 0 saturated carbocycles. The van der Waals surface area contributed by atoms with Crippen molar-refractivity contribution in [3.8, 4) is 11.4 Å². The van der Waals surface area contributed by atoms with Crippen LogP contribution in [0, 0.1) is 19.7 Å². The maximum absolute atomic E-state index is 13.8. The summed E-state index contributed by atoms with van der Waals surface area (Å²) in [6.45, 7) is 3.65. The van der Waals surface area contributed by atoms with Gasteiger partial charge in [-0.1, -0.05) is 17.7 Å². The molecule has 1 N–H and O–H groups in total. The summed E-state index contributed by atoms with van der Waals surface area (Å²) in [5.74, 6) is -1.47. The fourth-order valence-corrected chi connectivity index (χ4v) is 3.95. The first kappa shape index (κ1) is 20.1. The number of halogens is 2. The second kappa shape index (κ2) is 7.57. The van der Waals surface area contributed by atoms with Crippen LogP contribution >= 0.6 is 11.6 Å². The molecule has 0 fully saturated rings. The zero-order chi connectivity index (χ0) is 21.6. The third kappa shape index (κ3) is 3.25. The van der Waals surface area contributed by atoms with Crippen molar-refractivity contribution in [3.63, 3.8) is 0 Å². The van der Waals surface area contributed by atoms with Crippen LogP contribution in [-0.2, 0) is 4.79 Å². The summed E-state index contributed by atoms with van der Waals surface area (Å²) in [6, 6.07) is 9.35. The number of hydrogen-bond donors (Lipinski definition) is 1. The van der Waals surface area contributed by atoms with Crippen LogP contribution in [-0.4, -0.2) is 28.6 Å². The number of hydrogen-bond acceptors (Lipinski definition) is 4. The molecule has 6 nitrogen and oxygen atoms in total. The molecule has 2 heterocycles. The van der Waals surface area contributed by atoms with Crippen LogP contribution < -0.4 is 10.1 Å². The molecule has 4 rings (SSSR count). The topological polar surface area (TPSA) is 73.2 Å². The highest BCUT2D eigenvalue weighted by atomic mass is 35.5. The van der Waals surface area contributed by atoms with Gasteiger partial charge in [-0.2, -0.15) is 5.10 Å². The molecule has 1 aliphatic rings. The molecule has 30 heavy (non-hydrogen) atoms. The number of fused-ring (bicyclic) bond motifs is 1. The second-order valence-corrected chi connectivity index (χ2v) is 7.57. The van der Waals surface area contributed by atoms with Gasteiger partial charge < -0.3 is 10.1 Å². The molecule has 1 atom stereocenters. The van der Waals surface area contributed by atoms with Crippen molar-refractivity contribution in [2.45, 2.75) is 26.2 Å². The molecule has 1 aromatic heterocycles. The number of nitrogens with zero attached hydrogens (tertiary/aromatic N) is 2. The van der Waals surface area contributed by atoms with Gasteiger partial charge >= 0.3 is 0 Å². The van der Waals surface area contributed by atoms with Crippen LogP contribution in [0.15, 0.2) is 36.4 Å². The van der Waals surface area contributed by atoms with E-state index in [2.05, 4.69) is 10.4 Å². The highest BCUT2D eigenvalue weighted by Gasteiger charge is 2.36. The van der Waals surface area contributed by atoms with Gasteiger partial charge in [-0.15, -0.1) is 0 Å². The predicted molar refractivity (Wildman–Crippen MR) is 111 cm³/mol. The molecule has 0 unspecified atom stereocenters. The number of aryl methyl sites for hydroxylation is 1. The minimum absolute atomic E-state index is 0.0212. The number of anilines is 1. The van der Waals surface area contributed by atoms with Gasteiger partial charge in [0.25, 0.3) is 0 Å². The Morgan fingerprint density at radius 1 is 1.30 bits per heavy atom. The summed E-state index contributed by atoms with van der Waals surface area (Å²) in [6.07, 6.45) is -0.0212. The molecule has 1 amide bonds. The van der Waals surface area contributed by atoms with E-state index in [0.717, 1.165) is 5.56 Å². The number of carbonyl (C=O) groups excluding carboxylic acids is 2. The number of aromatic nitrogens is 2. The Balaban J connectivity index is 1.83. The quantitative estimate of drug-likeness (QED) is 0.617. The van der Waals surface area contributed by atoms with E-state index >= 15 is 0 Å². The van der Waals surface area contributed by atoms with Crippen LogP contribution in [0.3, 0.4) is 0 Å². The summed E-state index contributed by atoms with van der Waals surface area (Å²) in [5.41, 5.74) is 3.04. The summed E-state index contributed by atoms with van der Waals surface area (Å²) < 4.78 is 20.4. The standard InChI is InChI=1S/C22H19ClFN3O3/c1-11-15(23)5-4-6-17(11)27-22-20(12(2)26-27)14(10-19(28)25-22)21(29)13-7-8-16(24)18(9-13)30-3/h4-9,14H,10H2,1-3H3,(H,25,28)/t14-/m1/s1. The van der Waals surface area contributed by atoms with Crippen molar-refractivity contribution in [2.75, 3.05) is 12.4 Å². The molecule has 0 saturated heterocycles. The molecule has 0 radical (unpaired) electrons. The number of rotatable bonds is 4. The number of carbonyl (C=O) groups is 2. The van der Waals surface area contributed by atoms with Crippen LogP contribution in [0.25, 0.3) is 5.69 Å². The Kier molecular flexibility index (Phi) is 5.07. The zero-order valence-corrected chi connectivity index (χ0v) is 17.4. The van der Waals surface area contributed by atoms with Crippen molar-refractivity contribution < 1.29 is 18.7 Å². The van der Waals surface area contributed by atoms with E-state index in [9.17, 15) is 14.0 Å². The lowest BCUT2D eigenvalue weighted by molar-refractivity contribution is -0.116. The minimum atomic E-state index is -0.739. The Hall–Kier alpha value is -3.19. The fraction of sp³-hybridized carbons (Fsp3) is 0.227. The second-order valence-electron chi connectivity index (χ2n) is 7.16. The maximum atomic E-state index is 13.8. The number of nitrogens with one attached hydrogen (secondary N) is 1. The van der Waals surface area contributed by atoms with E-state index in [0.29, 0.717) is 27.8 Å². The third-order valence-corrected chi connectivity index (χ3v) is 5.73. The molecule has 0 spiro atoms. The number of ether oxygens (including phenoxy) is 1. The monoisotopic (exact) mass is 427 g/mol. The molecule has 0 aliphatic carbocycles. The SMILES string of the molecule is COc1cc(C(=O)[C@@H]2CC(=O)Nc3c2c(C)nn3-c2cccc(Cl)c2C)ccc1F. The van der Waals surface area contributed by atoms with Gasteiger partial charge in [-0.05, 0) is 49.7 Å². The van der Waals surface area contributed by atoms with Gasteiger partial charge in [-0.25, -0.2) is 9.07 Å². The molecule has 2 aromatic carbocycles. The molecule has 1 aliphatic heterocycles. The van der Waals surface area contributed by atoms with Crippen molar-refractivity contribution in [3.05, 3.63) is 69.6 Å². The van der Waals surface area contributed by atoms with E-state index < -0.39 is 11.7 Å². The van der Waals surface area contributed by atoms with E-state index in [1.54, 1.807) is 23.7 Å². The number of amides is 1. The van der Waals surface area contributed by atoms with Gasteiger partial charge in [0, 0.05) is 22.6 Å². The van der Waals surface area contributed by atoms with Crippen LogP contribution in [0.1, 0.15) is 39.5 Å². The Morgan fingerprint density at radius 3 is 2.80 bits per heavy atom. The number of ketones is 1. The summed E-state index contributed by atoms with van der Waals surface area (Å²) in [5, 5.41) is 8.00. The highest BCUT2D eigenvalue weighted by molar-refractivity contribution is 6.31. The van der Waals surface area contributed by atoms with Crippen LogP contribution in [0.2, 0.25) is 5.02 Å². The van der Waals surface area contributed by atoms with Gasteiger partial charge in [0.1, 0.15) is 5.82 Å². The normalized spacial score (nSPS) is 15.5. The molecule has 154 valence electrons. The number of benzene rings is 2. The van der Waals surface area contributed by atoms with E-state index in [1.807, 2.05) is 13.0 Å². The van der Waals surface area contributed by atoms with Crippen molar-refractivity contribution in [2.24, 2.45) is 0 Å². The van der Waals surface area contributed by atoms with Crippen molar-refractivity contribution in [1.82, 2.24) is 9.78 Å². The first-order chi connectivity index (χ1) is 14.3. The van der Waals surface area contributed by atoms with Crippen molar-refractivity contribution >= 4 is 29.1 Å². The third-order valence-electron chi connectivity index (χ3n) is 5.32. The first-order valence-corrected chi connectivity index (χ1v) is 9.72. The fourth-order valence-electron chi connectivity index (χ4n) is 3.79. The summed E-state index contributed by atoms with van der Waals surface area (Å²) >= 11 is 6.26. The Bertz CT molecular complexity index is 1190. The summed E-state index contributed by atoms with van der Waals surface area (Å²) in [4.78, 5) is 25.8. The number of Topliss-reactive ketones (excluding diaryl/α,β-unsaturated/α-hetero) is 1. The minimum Gasteiger partial charge on any atom is -0.494 e. The van der Waals surface area contributed by atoms with E-state index in [1.165, 1.54) is 25.3 Å². The first-order valence-electron chi connectivity index (χ1n) is 9.34. The van der Waals surface area contributed by atoms with Gasteiger partial charge in [0.05, 0.1) is 24.4 Å². The van der Waals surface area contributed by atoms with Crippen LogP contribution in [0.4, 0.5) is 10.2 Å². The lowest BCUT2D eigenvalue weighted by Crippen LogP contribution is -2.28. The van der Waals surface area contributed by atoms with Gasteiger partial charge in [0.15, 0.2) is 17.3 Å². The van der Waals surface area contributed by atoms with Crippen molar-refractivity contribution in [1.29, 1.82) is 0 Å². The zero-order valence-electron chi connectivity index (χ0n) is 16.6. The molecular weight excluding hydrogens is 409 g/mol. The highest BCUT2D eigenvalue weighted by Crippen LogP contribution is 2.39. The largest absolute Gasteiger partial charge is 0.494 e. The maximum Gasteiger partial charge on any atom is 0.226 e.